The third-order valence-corrected chi connectivity index (χ3v) is 2.97. The standard InChI is InChI=1S/C22H31NO3/c1-3-23(4-2)17-11-12-18-26-21(24)22(25,19-13-7-5-8-14-19)20-15-9-6-10-16-20/h5,7-8,13-14,20,25H,3-4,6,9-10,15-18H2,1-2H3/i1D3,2D3,3D2,4D2,6D2,9D2,10D2,15D2,16D2,17D2,18D2,20D,25D. The Morgan fingerprint density at radius 2 is 2.12 bits per heavy atom. The summed E-state index contributed by atoms with van der Waals surface area (Å²) < 4.78 is 214. The normalized spacial score (nSPS) is 46.0. The van der Waals surface area contributed by atoms with Gasteiger partial charge >= 0.3 is 5.97 Å². The Morgan fingerprint density at radius 1 is 1.38 bits per heavy atom. The van der Waals surface area contributed by atoms with Crippen molar-refractivity contribution in [3.8, 4) is 11.8 Å². The van der Waals surface area contributed by atoms with Crippen molar-refractivity contribution >= 4 is 5.97 Å². The first kappa shape index (κ1) is 4.96. The molecule has 2 rings (SSSR count). The maximum absolute atomic E-state index is 14.1. The molecule has 1 unspecified atom stereocenters. The van der Waals surface area contributed by atoms with E-state index in [-0.39, 0.29) is 0 Å². The Bertz CT molecular complexity index is 1510. The molecule has 0 aromatic heterocycles. The molecule has 0 amide bonds. The summed E-state index contributed by atoms with van der Waals surface area (Å²) in [5.74, 6) is -4.53. The SMILES string of the molecule is [2H]OC(C(=O)OC([2H])([2H])C#CC([2H])([2H])N(C([2H])([2H])C([2H])([2H])[2H])C([2H])([2H])C([2H])([2H])[2H])(c1ccccc1)C1([2H])C([2H])([2H])C([2H])([2H])C([2H])([2H])C([2H])([2H])C1([2H])[2H]. The Morgan fingerprint density at radius 3 is 2.77 bits per heavy atom. The second-order valence-corrected chi connectivity index (χ2v) is 4.46. The van der Waals surface area contributed by atoms with Crippen molar-refractivity contribution in [2.24, 2.45) is 5.89 Å². The number of carbonyl (C=O) groups excluding carboxylic acids is 1. The summed E-state index contributed by atoms with van der Waals surface area (Å²) in [5, 5.41) is 4.48. The molecule has 4 nitrogen and oxygen atoms in total. The smallest absolute Gasteiger partial charge is 0.344 e. The molecular weight excluding hydrogens is 326 g/mol. The van der Waals surface area contributed by atoms with Gasteiger partial charge in [-0.1, -0.05) is 75.0 Å². The van der Waals surface area contributed by atoms with Crippen molar-refractivity contribution in [3.63, 3.8) is 0 Å². The molecule has 1 aliphatic rings. The molecule has 1 fully saturated rings. The number of aliphatic hydroxyl groups is 1. The van der Waals surface area contributed by atoms with Crippen molar-refractivity contribution in [2.75, 3.05) is 26.0 Å². The van der Waals surface area contributed by atoms with Crippen LogP contribution in [0.1, 0.15) is 85.4 Å². The van der Waals surface area contributed by atoms with Gasteiger partial charge in [-0.05, 0) is 31.3 Å². The number of hydrogen-bond donors (Lipinski definition) is 1. The van der Waals surface area contributed by atoms with Crippen LogP contribution in [0.4, 0.5) is 0 Å². The summed E-state index contributed by atoms with van der Waals surface area (Å²) in [6.45, 7) is -24.6. The molecule has 1 atom stereocenters. The van der Waals surface area contributed by atoms with Gasteiger partial charge in [0.1, 0.15) is 0 Å². The van der Waals surface area contributed by atoms with Gasteiger partial charge in [0.2, 0.25) is 1.43 Å². The summed E-state index contributed by atoms with van der Waals surface area (Å²) >= 11 is 0. The van der Waals surface area contributed by atoms with Gasteiger partial charge in [0, 0.05) is 34.7 Å². The largest absolute Gasteiger partial charge is 0.450 e. The van der Waals surface area contributed by atoms with Gasteiger partial charge in [0.25, 0.3) is 0 Å². The molecule has 0 aliphatic heterocycles. The van der Waals surface area contributed by atoms with Crippen LogP contribution in [-0.4, -0.2) is 43.5 Å². The molecule has 1 N–H and O–H groups in total. The predicted octanol–water partition coefficient (Wildman–Crippen LogP) is 3.34. The minimum absolute atomic E-state index is 0.748. The van der Waals surface area contributed by atoms with E-state index in [0.29, 0.717) is 0 Å². The second kappa shape index (κ2) is 10.4. The second-order valence-electron chi connectivity index (χ2n) is 4.46. The highest BCUT2D eigenvalue weighted by Gasteiger charge is 2.46. The lowest BCUT2D eigenvalue weighted by Crippen LogP contribution is -2.45. The van der Waals surface area contributed by atoms with E-state index >= 15 is 0 Å². The van der Waals surface area contributed by atoms with Crippen LogP contribution in [0.25, 0.3) is 0 Å². The third-order valence-electron chi connectivity index (χ3n) is 2.97. The zero-order valence-corrected chi connectivity index (χ0v) is 13.1. The van der Waals surface area contributed by atoms with Crippen molar-refractivity contribution in [3.05, 3.63) is 35.9 Å². The van der Waals surface area contributed by atoms with Crippen LogP contribution in [0.3, 0.4) is 0 Å². The molecule has 0 spiro atoms. The van der Waals surface area contributed by atoms with Gasteiger partial charge in [0.15, 0.2) is 12.2 Å². The Hall–Kier alpha value is -1.83. The van der Waals surface area contributed by atoms with E-state index in [1.54, 1.807) is 0 Å². The lowest BCUT2D eigenvalue weighted by Gasteiger charge is -2.36. The van der Waals surface area contributed by atoms with Crippen molar-refractivity contribution < 1.29 is 48.9 Å². The summed E-state index contributed by atoms with van der Waals surface area (Å²) in [4.78, 5) is 13.1. The fraction of sp³-hybridized carbons (Fsp3) is 0.591. The highest BCUT2D eigenvalue weighted by Crippen LogP contribution is 2.40. The number of hydrogen-bond acceptors (Lipinski definition) is 4. The summed E-state index contributed by atoms with van der Waals surface area (Å²) in [5.41, 5.74) is -5.11. The lowest BCUT2D eigenvalue weighted by molar-refractivity contribution is -0.174. The highest BCUT2D eigenvalue weighted by atomic mass is 16.5. The molecule has 0 bridgehead atoms. The molecular formula is C22H31NO3. The van der Waals surface area contributed by atoms with Crippen LogP contribution in [-0.2, 0) is 15.1 Å². The maximum Gasteiger partial charge on any atom is 0.344 e. The average Bonchev–Trinajstić information content (AvgIpc) is 2.94. The monoisotopic (exact) mass is 383 g/mol. The predicted molar refractivity (Wildman–Crippen MR) is 103 cm³/mol. The van der Waals surface area contributed by atoms with Gasteiger partial charge < -0.3 is 9.85 Å². The van der Waals surface area contributed by atoms with Crippen molar-refractivity contribution in [2.45, 2.75) is 51.2 Å². The fourth-order valence-electron chi connectivity index (χ4n) is 1.80. The zero-order valence-electron chi connectivity index (χ0n) is 39.1. The molecule has 142 valence electrons. The molecule has 0 saturated heterocycles. The zero-order chi connectivity index (χ0) is 41.6. The van der Waals surface area contributed by atoms with E-state index in [4.69, 9.17) is 35.7 Å². The minimum Gasteiger partial charge on any atom is -0.450 e. The van der Waals surface area contributed by atoms with E-state index in [0.717, 1.165) is 24.3 Å². The first-order valence-corrected chi connectivity index (χ1v) is 6.90. The third kappa shape index (κ3) is 5.09. The number of esters is 1. The molecule has 1 aliphatic carbocycles. The van der Waals surface area contributed by atoms with Gasteiger partial charge in [-0.2, -0.15) is 0 Å². The molecule has 1 aromatic carbocycles. The summed E-state index contributed by atoms with van der Waals surface area (Å²) in [7, 11) is 0. The Balaban J connectivity index is 2.98. The van der Waals surface area contributed by atoms with Crippen LogP contribution < -0.4 is 0 Å². The molecule has 0 heterocycles. The molecule has 26 heavy (non-hydrogen) atoms. The first-order chi connectivity index (χ1) is 22.6. The number of rotatable bonds is 8. The lowest BCUT2D eigenvalue weighted by atomic mass is 9.73. The topological polar surface area (TPSA) is 49.8 Å². The Labute approximate surface area is 194 Å². The van der Waals surface area contributed by atoms with Gasteiger partial charge in [-0.15, -0.1) is 0 Å². The van der Waals surface area contributed by atoms with Crippen LogP contribution in [0, 0.1) is 17.7 Å². The van der Waals surface area contributed by atoms with Crippen LogP contribution >= 0.6 is 0 Å². The quantitative estimate of drug-likeness (QED) is 0.552. The van der Waals surface area contributed by atoms with Crippen LogP contribution in [0.15, 0.2) is 30.3 Å². The van der Waals surface area contributed by atoms with E-state index in [9.17, 15) is 4.79 Å². The number of nitrogens with zero attached hydrogens (tertiary/aromatic N) is 1. The number of benzene rings is 1. The van der Waals surface area contributed by atoms with Gasteiger partial charge in [-0.25, -0.2) is 4.79 Å². The summed E-state index contributed by atoms with van der Waals surface area (Å²) in [6, 6.07) is 4.75. The van der Waals surface area contributed by atoms with Gasteiger partial charge in [-0.3, -0.25) is 4.90 Å². The van der Waals surface area contributed by atoms with Crippen molar-refractivity contribution in [1.82, 2.24) is 4.90 Å². The number of ether oxygens (including phenoxy) is 1. The summed E-state index contributed by atoms with van der Waals surface area (Å²) in [6.07, 6.45) is -21.4. The molecule has 0 radical (unpaired) electrons. The van der Waals surface area contributed by atoms with E-state index < -0.39 is 99.5 Å². The van der Waals surface area contributed by atoms with Crippen LogP contribution in [0.5, 0.6) is 0 Å². The average molecular weight is 384 g/mol. The van der Waals surface area contributed by atoms with E-state index in [1.807, 2.05) is 0 Å². The Kier molecular flexibility index (Phi) is 1.97. The molecule has 4 heteroatoms. The van der Waals surface area contributed by atoms with Gasteiger partial charge in [0.05, 0.1) is 12.0 Å². The molecule has 1 aromatic rings. The van der Waals surface area contributed by atoms with E-state index in [2.05, 4.69) is 9.85 Å². The van der Waals surface area contributed by atoms with E-state index in [1.165, 1.54) is 17.9 Å². The molecule has 1 saturated carbocycles. The highest BCUT2D eigenvalue weighted by molar-refractivity contribution is 5.81. The number of carbonyl (C=O) groups is 1. The van der Waals surface area contributed by atoms with Crippen LogP contribution in [0.2, 0.25) is 0 Å². The van der Waals surface area contributed by atoms with Crippen molar-refractivity contribution in [1.29, 1.82) is 1.43 Å². The maximum atomic E-state index is 14.1. The minimum atomic E-state index is -4.49. The fourth-order valence-corrected chi connectivity index (χ4v) is 1.80. The first-order valence-electron chi connectivity index (χ1n) is 19.8.